The molecule has 2 N–H and O–H groups in total. The summed E-state index contributed by atoms with van der Waals surface area (Å²) in [5, 5.41) is 15.2. The summed E-state index contributed by atoms with van der Waals surface area (Å²) in [6.45, 7) is 0. The maximum atomic E-state index is 12.9. The Bertz CT molecular complexity index is 1510. The van der Waals surface area contributed by atoms with Crippen LogP contribution >= 0.6 is 0 Å². The quantitative estimate of drug-likeness (QED) is 0.217. The number of anilines is 2. The Morgan fingerprint density at radius 2 is 1.59 bits per heavy atom. The van der Waals surface area contributed by atoms with Crippen LogP contribution in [-0.4, -0.2) is 19.2 Å². The molecule has 0 fully saturated rings. The lowest BCUT2D eigenvalue weighted by Crippen LogP contribution is -2.13. The van der Waals surface area contributed by atoms with Gasteiger partial charge in [0.25, 0.3) is 15.7 Å². The lowest BCUT2D eigenvalue weighted by molar-refractivity contribution is -0.384. The predicted molar refractivity (Wildman–Crippen MR) is 132 cm³/mol. The third-order valence-electron chi connectivity index (χ3n) is 4.97. The smallest absolute Gasteiger partial charge is 0.270 e. The van der Waals surface area contributed by atoms with E-state index in [0.717, 1.165) is 10.8 Å². The fraction of sp³-hybridized carbons (Fsp3) is 0. The molecule has 9 heteroatoms. The molecule has 170 valence electrons. The molecular weight excluding hydrogens is 454 g/mol. The SMILES string of the molecule is O=C(/C=C/c1cccc([N+](=O)[O-])c1)Nc1ccc(S(=O)(=O)Nc2cccc3ccccc23)cc1. The van der Waals surface area contributed by atoms with E-state index in [9.17, 15) is 23.3 Å². The van der Waals surface area contributed by atoms with Gasteiger partial charge in [0.1, 0.15) is 0 Å². The van der Waals surface area contributed by atoms with E-state index in [0.29, 0.717) is 16.9 Å². The number of nitrogens with one attached hydrogen (secondary N) is 2. The van der Waals surface area contributed by atoms with Gasteiger partial charge in [0.2, 0.25) is 5.91 Å². The van der Waals surface area contributed by atoms with Gasteiger partial charge in [-0.05, 0) is 47.4 Å². The highest BCUT2D eigenvalue weighted by molar-refractivity contribution is 7.92. The van der Waals surface area contributed by atoms with Crippen molar-refractivity contribution in [3.05, 3.63) is 113 Å². The number of rotatable bonds is 7. The van der Waals surface area contributed by atoms with Crippen molar-refractivity contribution in [1.82, 2.24) is 0 Å². The van der Waals surface area contributed by atoms with Crippen LogP contribution in [0, 0.1) is 10.1 Å². The molecule has 0 aromatic heterocycles. The second kappa shape index (κ2) is 9.55. The van der Waals surface area contributed by atoms with Crippen molar-refractivity contribution in [2.45, 2.75) is 4.90 Å². The summed E-state index contributed by atoms with van der Waals surface area (Å²) >= 11 is 0. The fourth-order valence-corrected chi connectivity index (χ4v) is 4.41. The minimum Gasteiger partial charge on any atom is -0.323 e. The molecule has 0 radical (unpaired) electrons. The van der Waals surface area contributed by atoms with Gasteiger partial charge >= 0.3 is 0 Å². The zero-order valence-corrected chi connectivity index (χ0v) is 18.5. The second-order valence-corrected chi connectivity index (χ2v) is 9.01. The van der Waals surface area contributed by atoms with Gasteiger partial charge in [0.05, 0.1) is 15.5 Å². The van der Waals surface area contributed by atoms with Gasteiger partial charge in [-0.3, -0.25) is 19.6 Å². The highest BCUT2D eigenvalue weighted by Gasteiger charge is 2.15. The second-order valence-electron chi connectivity index (χ2n) is 7.33. The average molecular weight is 474 g/mol. The molecule has 0 saturated carbocycles. The molecule has 0 spiro atoms. The number of hydrogen-bond acceptors (Lipinski definition) is 5. The highest BCUT2D eigenvalue weighted by atomic mass is 32.2. The summed E-state index contributed by atoms with van der Waals surface area (Å²) in [7, 11) is -3.84. The number of sulfonamides is 1. The number of hydrogen-bond donors (Lipinski definition) is 2. The van der Waals surface area contributed by atoms with Crippen LogP contribution in [-0.2, 0) is 14.8 Å². The Morgan fingerprint density at radius 3 is 2.35 bits per heavy atom. The van der Waals surface area contributed by atoms with E-state index in [-0.39, 0.29) is 10.6 Å². The normalized spacial score (nSPS) is 11.4. The van der Waals surface area contributed by atoms with Crippen LogP contribution in [0.5, 0.6) is 0 Å². The zero-order chi connectivity index (χ0) is 24.1. The van der Waals surface area contributed by atoms with Crippen LogP contribution in [0.2, 0.25) is 0 Å². The maximum Gasteiger partial charge on any atom is 0.270 e. The van der Waals surface area contributed by atoms with Crippen LogP contribution in [0.4, 0.5) is 17.1 Å². The van der Waals surface area contributed by atoms with E-state index in [1.54, 1.807) is 18.2 Å². The summed E-state index contributed by atoms with van der Waals surface area (Å²) in [6.07, 6.45) is 2.70. The van der Waals surface area contributed by atoms with Gasteiger partial charge in [-0.2, -0.15) is 0 Å². The number of carbonyl (C=O) groups excluding carboxylic acids is 1. The first kappa shape index (κ1) is 22.7. The minimum atomic E-state index is -3.84. The molecule has 0 atom stereocenters. The molecule has 0 saturated heterocycles. The van der Waals surface area contributed by atoms with Gasteiger partial charge in [0, 0.05) is 29.3 Å². The lowest BCUT2D eigenvalue weighted by atomic mass is 10.1. The summed E-state index contributed by atoms with van der Waals surface area (Å²) in [4.78, 5) is 22.6. The van der Waals surface area contributed by atoms with Gasteiger partial charge < -0.3 is 5.32 Å². The molecule has 1 amide bonds. The third-order valence-corrected chi connectivity index (χ3v) is 6.36. The van der Waals surface area contributed by atoms with Crippen molar-refractivity contribution >= 4 is 49.8 Å². The molecule has 4 aromatic rings. The largest absolute Gasteiger partial charge is 0.323 e. The van der Waals surface area contributed by atoms with Crippen LogP contribution in [0.25, 0.3) is 16.8 Å². The molecule has 4 aromatic carbocycles. The lowest BCUT2D eigenvalue weighted by Gasteiger charge is -2.11. The third kappa shape index (κ3) is 5.28. The zero-order valence-electron chi connectivity index (χ0n) is 17.7. The number of amides is 1. The first-order valence-electron chi connectivity index (χ1n) is 10.2. The van der Waals surface area contributed by atoms with E-state index in [1.165, 1.54) is 54.6 Å². The molecule has 0 unspecified atom stereocenters. The van der Waals surface area contributed by atoms with Crippen molar-refractivity contribution in [2.75, 3.05) is 10.0 Å². The van der Waals surface area contributed by atoms with Crippen molar-refractivity contribution in [3.63, 3.8) is 0 Å². The van der Waals surface area contributed by atoms with Crippen molar-refractivity contribution in [2.24, 2.45) is 0 Å². The minimum absolute atomic E-state index is 0.0468. The van der Waals surface area contributed by atoms with Gasteiger partial charge in [-0.25, -0.2) is 8.42 Å². The van der Waals surface area contributed by atoms with Crippen LogP contribution in [0.15, 0.2) is 102 Å². The van der Waals surface area contributed by atoms with Crippen LogP contribution in [0.3, 0.4) is 0 Å². The van der Waals surface area contributed by atoms with E-state index < -0.39 is 20.9 Å². The molecule has 34 heavy (non-hydrogen) atoms. The number of non-ortho nitro benzene ring substituents is 1. The molecule has 0 aliphatic carbocycles. The van der Waals surface area contributed by atoms with Crippen molar-refractivity contribution in [1.29, 1.82) is 0 Å². The molecule has 0 heterocycles. The molecule has 0 bridgehead atoms. The summed E-state index contributed by atoms with van der Waals surface area (Å²) < 4.78 is 28.3. The van der Waals surface area contributed by atoms with Gasteiger partial charge in [-0.15, -0.1) is 0 Å². The summed E-state index contributed by atoms with van der Waals surface area (Å²) in [5.41, 5.74) is 1.31. The molecule has 0 aliphatic rings. The Morgan fingerprint density at radius 1 is 0.882 bits per heavy atom. The number of benzene rings is 4. The van der Waals surface area contributed by atoms with E-state index in [1.807, 2.05) is 30.3 Å². The molecular formula is C25H19N3O5S. The van der Waals surface area contributed by atoms with Gasteiger partial charge in [-0.1, -0.05) is 48.5 Å². The van der Waals surface area contributed by atoms with Gasteiger partial charge in [0.15, 0.2) is 0 Å². The van der Waals surface area contributed by atoms with Crippen LogP contribution < -0.4 is 10.0 Å². The Kier molecular flexibility index (Phi) is 6.37. The predicted octanol–water partition coefficient (Wildman–Crippen LogP) is 5.20. The standard InChI is InChI=1S/C25H19N3O5S/c29-25(16-11-18-5-3-8-21(17-18)28(30)31)26-20-12-14-22(15-13-20)34(32,33)27-24-10-4-7-19-6-1-2-9-23(19)24/h1-17,27H,(H,26,29)/b16-11+. The number of fused-ring (bicyclic) bond motifs is 1. The van der Waals surface area contributed by atoms with E-state index >= 15 is 0 Å². The summed E-state index contributed by atoms with van der Waals surface area (Å²) in [6, 6.07) is 24.5. The van der Waals surface area contributed by atoms with E-state index in [4.69, 9.17) is 0 Å². The van der Waals surface area contributed by atoms with E-state index in [2.05, 4.69) is 10.0 Å². The van der Waals surface area contributed by atoms with Crippen molar-refractivity contribution in [3.8, 4) is 0 Å². The Balaban J connectivity index is 1.44. The first-order chi connectivity index (χ1) is 16.3. The fourth-order valence-electron chi connectivity index (χ4n) is 3.33. The Hall–Kier alpha value is -4.50. The van der Waals surface area contributed by atoms with Crippen molar-refractivity contribution < 1.29 is 18.1 Å². The number of nitro groups is 1. The topological polar surface area (TPSA) is 118 Å². The number of nitrogens with zero attached hydrogens (tertiary/aromatic N) is 1. The number of nitro benzene ring substituents is 1. The highest BCUT2D eigenvalue weighted by Crippen LogP contribution is 2.26. The first-order valence-corrected chi connectivity index (χ1v) is 11.6. The Labute approximate surface area is 195 Å². The number of carbonyl (C=O) groups is 1. The monoisotopic (exact) mass is 473 g/mol. The molecule has 4 rings (SSSR count). The maximum absolute atomic E-state index is 12.9. The van der Waals surface area contributed by atoms with Crippen LogP contribution in [0.1, 0.15) is 5.56 Å². The summed E-state index contributed by atoms with van der Waals surface area (Å²) in [5.74, 6) is -0.462. The average Bonchev–Trinajstić information content (AvgIpc) is 2.83. The molecule has 8 nitrogen and oxygen atoms in total. The molecule has 0 aliphatic heterocycles.